The van der Waals surface area contributed by atoms with Gasteiger partial charge in [-0.25, -0.2) is 9.59 Å². The molecule has 0 saturated heterocycles. The number of carboxylic acids is 2. The van der Waals surface area contributed by atoms with E-state index in [2.05, 4.69) is 0 Å². The summed E-state index contributed by atoms with van der Waals surface area (Å²) in [6, 6.07) is 11.9. The van der Waals surface area contributed by atoms with Gasteiger partial charge in [0, 0.05) is 5.88 Å². The zero-order valence-corrected chi connectivity index (χ0v) is 11.1. The fraction of sp³-hybridized carbons (Fsp3) is 0.0667. The normalized spacial score (nSPS) is 10.2. The first-order valence-corrected chi connectivity index (χ1v) is 6.33. The van der Waals surface area contributed by atoms with Crippen molar-refractivity contribution in [1.82, 2.24) is 0 Å². The highest BCUT2D eigenvalue weighted by molar-refractivity contribution is 6.18. The molecule has 0 unspecified atom stereocenters. The van der Waals surface area contributed by atoms with Gasteiger partial charge >= 0.3 is 11.9 Å². The molecule has 0 aliphatic rings. The van der Waals surface area contributed by atoms with E-state index < -0.39 is 11.9 Å². The molecule has 0 aliphatic heterocycles. The number of hydrogen-bond donors (Lipinski definition) is 2. The molecule has 0 aromatic heterocycles. The summed E-state index contributed by atoms with van der Waals surface area (Å²) in [5.41, 5.74) is 0.810. The van der Waals surface area contributed by atoms with Crippen molar-refractivity contribution in [1.29, 1.82) is 0 Å². The zero-order valence-electron chi connectivity index (χ0n) is 10.3. The van der Waals surface area contributed by atoms with Crippen LogP contribution in [0, 0.1) is 0 Å². The molecule has 0 saturated carbocycles. The van der Waals surface area contributed by atoms with Crippen LogP contribution < -0.4 is 0 Å². The molecule has 2 rings (SSSR count). The quantitative estimate of drug-likeness (QED) is 0.845. The third kappa shape index (κ3) is 2.51. The Balaban J connectivity index is 2.80. The predicted octanol–water partition coefficient (Wildman–Crippen LogP) is 3.49. The number of benzene rings is 2. The fourth-order valence-corrected chi connectivity index (χ4v) is 2.30. The number of carbonyl (C=O) groups is 2. The molecule has 0 atom stereocenters. The SMILES string of the molecule is O=C(O)c1c(CCl)ccc(-c2ccccc2)c1C(=O)O. The molecule has 0 heterocycles. The summed E-state index contributed by atoms with van der Waals surface area (Å²) >= 11 is 5.69. The van der Waals surface area contributed by atoms with Crippen LogP contribution in [0.25, 0.3) is 11.1 Å². The highest BCUT2D eigenvalue weighted by atomic mass is 35.5. The second-order valence-electron chi connectivity index (χ2n) is 4.13. The number of rotatable bonds is 4. The van der Waals surface area contributed by atoms with E-state index in [0.717, 1.165) is 0 Å². The van der Waals surface area contributed by atoms with Gasteiger partial charge in [0.2, 0.25) is 0 Å². The van der Waals surface area contributed by atoms with Gasteiger partial charge in [-0.3, -0.25) is 0 Å². The van der Waals surface area contributed by atoms with Crippen LogP contribution in [0.2, 0.25) is 0 Å². The standard InChI is InChI=1S/C15H11ClO4/c16-8-10-6-7-11(9-4-2-1-3-5-9)13(15(19)20)12(10)14(17)18/h1-7H,8H2,(H,17,18)(H,19,20). The van der Waals surface area contributed by atoms with Crippen molar-refractivity contribution in [2.75, 3.05) is 0 Å². The Morgan fingerprint density at radius 1 is 0.900 bits per heavy atom. The smallest absolute Gasteiger partial charge is 0.337 e. The number of aromatic carboxylic acids is 2. The summed E-state index contributed by atoms with van der Waals surface area (Å²) in [6.07, 6.45) is 0. The molecular weight excluding hydrogens is 280 g/mol. The second kappa shape index (κ2) is 5.75. The maximum Gasteiger partial charge on any atom is 0.337 e. The molecule has 102 valence electrons. The van der Waals surface area contributed by atoms with Crippen molar-refractivity contribution < 1.29 is 19.8 Å². The van der Waals surface area contributed by atoms with Crippen LogP contribution in [0.15, 0.2) is 42.5 Å². The van der Waals surface area contributed by atoms with Gasteiger partial charge in [-0.2, -0.15) is 0 Å². The number of halogens is 1. The van der Waals surface area contributed by atoms with Crippen molar-refractivity contribution in [3.63, 3.8) is 0 Å². The molecule has 5 heteroatoms. The van der Waals surface area contributed by atoms with Crippen LogP contribution in [-0.2, 0) is 5.88 Å². The molecule has 2 N–H and O–H groups in total. The molecule has 2 aromatic rings. The minimum atomic E-state index is -1.30. The van der Waals surface area contributed by atoms with Crippen LogP contribution in [-0.4, -0.2) is 22.2 Å². The van der Waals surface area contributed by atoms with Gasteiger partial charge < -0.3 is 10.2 Å². The topological polar surface area (TPSA) is 74.6 Å². The molecule has 0 spiro atoms. The van der Waals surface area contributed by atoms with E-state index in [1.807, 2.05) is 0 Å². The summed E-state index contributed by atoms with van der Waals surface area (Å²) in [4.78, 5) is 22.8. The lowest BCUT2D eigenvalue weighted by molar-refractivity contribution is 0.0651. The van der Waals surface area contributed by atoms with Gasteiger partial charge in [-0.15, -0.1) is 11.6 Å². The Morgan fingerprint density at radius 3 is 2.00 bits per heavy atom. The average molecular weight is 291 g/mol. The zero-order chi connectivity index (χ0) is 14.7. The van der Waals surface area contributed by atoms with Gasteiger partial charge in [0.1, 0.15) is 0 Å². The predicted molar refractivity (Wildman–Crippen MR) is 75.4 cm³/mol. The Morgan fingerprint density at radius 2 is 1.50 bits per heavy atom. The third-order valence-electron chi connectivity index (χ3n) is 2.95. The third-order valence-corrected chi connectivity index (χ3v) is 3.24. The molecule has 2 aromatic carbocycles. The van der Waals surface area contributed by atoms with E-state index in [1.54, 1.807) is 42.5 Å². The Kier molecular flexibility index (Phi) is 4.05. The molecule has 0 amide bonds. The monoisotopic (exact) mass is 290 g/mol. The highest BCUT2D eigenvalue weighted by Crippen LogP contribution is 2.29. The summed E-state index contributed by atoms with van der Waals surface area (Å²) in [5, 5.41) is 18.6. The molecule has 0 bridgehead atoms. The first-order chi connectivity index (χ1) is 9.56. The Bertz CT molecular complexity index is 665. The maximum atomic E-state index is 11.5. The maximum absolute atomic E-state index is 11.5. The van der Waals surface area contributed by atoms with E-state index in [9.17, 15) is 19.8 Å². The highest BCUT2D eigenvalue weighted by Gasteiger charge is 2.24. The first kappa shape index (κ1) is 14.1. The Labute approximate surface area is 120 Å². The minimum Gasteiger partial charge on any atom is -0.478 e. The van der Waals surface area contributed by atoms with E-state index in [-0.39, 0.29) is 22.6 Å². The minimum absolute atomic E-state index is 0.0585. The molecular formula is C15H11ClO4. The largest absolute Gasteiger partial charge is 0.478 e. The summed E-state index contributed by atoms with van der Waals surface area (Å²) in [7, 11) is 0. The van der Waals surface area contributed by atoms with E-state index in [4.69, 9.17) is 11.6 Å². The summed E-state index contributed by atoms with van der Waals surface area (Å²) < 4.78 is 0. The van der Waals surface area contributed by atoms with Crippen molar-refractivity contribution in [2.24, 2.45) is 0 Å². The first-order valence-electron chi connectivity index (χ1n) is 5.80. The van der Waals surface area contributed by atoms with Crippen molar-refractivity contribution in [3.05, 3.63) is 59.2 Å². The molecule has 0 aliphatic carbocycles. The van der Waals surface area contributed by atoms with Gasteiger partial charge in [0.15, 0.2) is 0 Å². The van der Waals surface area contributed by atoms with Crippen LogP contribution in [0.3, 0.4) is 0 Å². The fourth-order valence-electron chi connectivity index (χ4n) is 2.08. The number of alkyl halides is 1. The summed E-state index contributed by atoms with van der Waals surface area (Å²) in [6.45, 7) is 0. The lowest BCUT2D eigenvalue weighted by Crippen LogP contribution is -2.12. The lowest BCUT2D eigenvalue weighted by Gasteiger charge is -2.12. The van der Waals surface area contributed by atoms with Crippen molar-refractivity contribution in [3.8, 4) is 11.1 Å². The molecule has 0 radical (unpaired) electrons. The van der Waals surface area contributed by atoms with Crippen LogP contribution >= 0.6 is 11.6 Å². The van der Waals surface area contributed by atoms with Crippen molar-refractivity contribution >= 4 is 23.5 Å². The van der Waals surface area contributed by atoms with Crippen LogP contribution in [0.4, 0.5) is 0 Å². The van der Waals surface area contributed by atoms with E-state index >= 15 is 0 Å². The van der Waals surface area contributed by atoms with Gasteiger partial charge in [0.25, 0.3) is 0 Å². The number of carboxylic acid groups (broad SMARTS) is 2. The van der Waals surface area contributed by atoms with E-state index in [1.165, 1.54) is 0 Å². The summed E-state index contributed by atoms with van der Waals surface area (Å²) in [5.74, 6) is -2.64. The van der Waals surface area contributed by atoms with E-state index in [0.29, 0.717) is 11.1 Å². The number of hydrogen-bond acceptors (Lipinski definition) is 2. The average Bonchev–Trinajstić information content (AvgIpc) is 2.46. The molecule has 0 fully saturated rings. The van der Waals surface area contributed by atoms with Gasteiger partial charge in [-0.1, -0.05) is 42.5 Å². The second-order valence-corrected chi connectivity index (χ2v) is 4.40. The van der Waals surface area contributed by atoms with Gasteiger partial charge in [-0.05, 0) is 16.7 Å². The van der Waals surface area contributed by atoms with Crippen LogP contribution in [0.5, 0.6) is 0 Å². The lowest BCUT2D eigenvalue weighted by atomic mass is 9.92. The molecule has 20 heavy (non-hydrogen) atoms. The van der Waals surface area contributed by atoms with Gasteiger partial charge in [0.05, 0.1) is 11.1 Å². The van der Waals surface area contributed by atoms with Crippen LogP contribution in [0.1, 0.15) is 26.3 Å². The Hall–Kier alpha value is -2.33. The van der Waals surface area contributed by atoms with Crippen molar-refractivity contribution in [2.45, 2.75) is 5.88 Å². The molecule has 4 nitrogen and oxygen atoms in total.